The Hall–Kier alpha value is -1.31. The summed E-state index contributed by atoms with van der Waals surface area (Å²) in [5.41, 5.74) is 2.56. The Labute approximate surface area is 117 Å². The average Bonchev–Trinajstić information content (AvgIpc) is 2.40. The van der Waals surface area contributed by atoms with Gasteiger partial charge in [0.15, 0.2) is 0 Å². The van der Waals surface area contributed by atoms with Crippen LogP contribution in [-0.4, -0.2) is 12.4 Å². The molecule has 0 saturated carbocycles. The monoisotopic (exact) mass is 262 g/mol. The highest BCUT2D eigenvalue weighted by molar-refractivity contribution is 5.80. The summed E-state index contributed by atoms with van der Waals surface area (Å²) in [6, 6.07) is 6.39. The SMILES string of the molecule is CCOc1ccc(CC)cc1CCCC(=O)C(C)C. The van der Waals surface area contributed by atoms with E-state index in [1.807, 2.05) is 20.8 Å². The van der Waals surface area contributed by atoms with Gasteiger partial charge in [-0.15, -0.1) is 0 Å². The van der Waals surface area contributed by atoms with Crippen molar-refractivity contribution < 1.29 is 9.53 Å². The molecule has 0 heterocycles. The molecule has 0 bridgehead atoms. The van der Waals surface area contributed by atoms with Gasteiger partial charge in [-0.1, -0.05) is 32.9 Å². The minimum atomic E-state index is 0.147. The van der Waals surface area contributed by atoms with Crippen LogP contribution in [0.15, 0.2) is 18.2 Å². The fourth-order valence-corrected chi connectivity index (χ4v) is 2.09. The number of Topliss-reactive ketones (excluding diaryl/α,β-unsaturated/α-hetero) is 1. The average molecular weight is 262 g/mol. The standard InChI is InChI=1S/C17H26O2/c1-5-14-10-11-17(19-6-2)15(12-14)8-7-9-16(18)13(3)4/h10-13H,5-9H2,1-4H3. The van der Waals surface area contributed by atoms with Crippen LogP contribution >= 0.6 is 0 Å². The molecule has 106 valence electrons. The van der Waals surface area contributed by atoms with Crippen molar-refractivity contribution in [1.82, 2.24) is 0 Å². The molecule has 1 aromatic rings. The third-order valence-electron chi connectivity index (χ3n) is 3.35. The van der Waals surface area contributed by atoms with Crippen molar-refractivity contribution in [2.24, 2.45) is 5.92 Å². The Bertz CT molecular complexity index is 408. The Morgan fingerprint density at radius 1 is 1.26 bits per heavy atom. The zero-order valence-corrected chi connectivity index (χ0v) is 12.7. The first-order chi connectivity index (χ1) is 9.08. The summed E-state index contributed by atoms with van der Waals surface area (Å²) in [5.74, 6) is 1.47. The molecule has 0 N–H and O–H groups in total. The summed E-state index contributed by atoms with van der Waals surface area (Å²) in [7, 11) is 0. The van der Waals surface area contributed by atoms with Gasteiger partial charge < -0.3 is 4.74 Å². The van der Waals surface area contributed by atoms with Gasteiger partial charge in [0.25, 0.3) is 0 Å². The van der Waals surface area contributed by atoms with Crippen LogP contribution in [0.5, 0.6) is 5.75 Å². The van der Waals surface area contributed by atoms with Crippen LogP contribution in [0.1, 0.15) is 51.7 Å². The Kier molecular flexibility index (Phi) is 6.61. The molecular weight excluding hydrogens is 236 g/mol. The van der Waals surface area contributed by atoms with Crippen molar-refractivity contribution in [3.05, 3.63) is 29.3 Å². The molecule has 19 heavy (non-hydrogen) atoms. The second-order valence-electron chi connectivity index (χ2n) is 5.20. The minimum Gasteiger partial charge on any atom is -0.494 e. The first-order valence-electron chi connectivity index (χ1n) is 7.35. The van der Waals surface area contributed by atoms with Crippen LogP contribution in [0.3, 0.4) is 0 Å². The van der Waals surface area contributed by atoms with Crippen molar-refractivity contribution in [1.29, 1.82) is 0 Å². The fourth-order valence-electron chi connectivity index (χ4n) is 2.09. The Balaban J connectivity index is 2.66. The van der Waals surface area contributed by atoms with Crippen LogP contribution in [0.2, 0.25) is 0 Å². The zero-order valence-electron chi connectivity index (χ0n) is 12.7. The predicted molar refractivity (Wildman–Crippen MR) is 79.8 cm³/mol. The van der Waals surface area contributed by atoms with E-state index in [1.165, 1.54) is 11.1 Å². The molecule has 0 aliphatic heterocycles. The lowest BCUT2D eigenvalue weighted by atomic mass is 9.99. The summed E-state index contributed by atoms with van der Waals surface area (Å²) < 4.78 is 5.66. The van der Waals surface area contributed by atoms with Crippen LogP contribution in [-0.2, 0) is 17.6 Å². The van der Waals surface area contributed by atoms with Crippen LogP contribution < -0.4 is 4.74 Å². The Morgan fingerprint density at radius 3 is 2.58 bits per heavy atom. The number of hydrogen-bond donors (Lipinski definition) is 0. The lowest BCUT2D eigenvalue weighted by Gasteiger charge is -2.12. The first-order valence-corrected chi connectivity index (χ1v) is 7.35. The number of carbonyl (C=O) groups is 1. The fraction of sp³-hybridized carbons (Fsp3) is 0.588. The summed E-state index contributed by atoms with van der Waals surface area (Å²) in [6.45, 7) is 8.77. The van der Waals surface area contributed by atoms with Crippen molar-refractivity contribution in [3.63, 3.8) is 0 Å². The lowest BCUT2D eigenvalue weighted by Crippen LogP contribution is -2.07. The van der Waals surface area contributed by atoms with Crippen LogP contribution in [0, 0.1) is 5.92 Å². The van der Waals surface area contributed by atoms with E-state index in [9.17, 15) is 4.79 Å². The van der Waals surface area contributed by atoms with E-state index in [0.717, 1.165) is 25.0 Å². The molecule has 0 radical (unpaired) electrons. The van der Waals surface area contributed by atoms with E-state index < -0.39 is 0 Å². The van der Waals surface area contributed by atoms with E-state index in [4.69, 9.17) is 4.74 Å². The van der Waals surface area contributed by atoms with Gasteiger partial charge in [0.05, 0.1) is 6.61 Å². The van der Waals surface area contributed by atoms with Gasteiger partial charge in [-0.2, -0.15) is 0 Å². The lowest BCUT2D eigenvalue weighted by molar-refractivity contribution is -0.121. The van der Waals surface area contributed by atoms with Crippen LogP contribution in [0.25, 0.3) is 0 Å². The van der Waals surface area contributed by atoms with Crippen molar-refractivity contribution in [3.8, 4) is 5.75 Å². The summed E-state index contributed by atoms with van der Waals surface area (Å²) in [4.78, 5) is 11.6. The molecule has 0 atom stereocenters. The molecule has 0 fully saturated rings. The maximum Gasteiger partial charge on any atom is 0.135 e. The molecule has 2 heteroatoms. The largest absolute Gasteiger partial charge is 0.494 e. The van der Waals surface area contributed by atoms with Crippen molar-refractivity contribution in [2.75, 3.05) is 6.61 Å². The van der Waals surface area contributed by atoms with Gasteiger partial charge in [0, 0.05) is 12.3 Å². The third kappa shape index (κ3) is 5.06. The normalized spacial score (nSPS) is 10.8. The summed E-state index contributed by atoms with van der Waals surface area (Å²) >= 11 is 0. The molecule has 0 aromatic heterocycles. The van der Waals surface area contributed by atoms with Crippen molar-refractivity contribution >= 4 is 5.78 Å². The number of hydrogen-bond acceptors (Lipinski definition) is 2. The van der Waals surface area contributed by atoms with Gasteiger partial charge in [-0.05, 0) is 43.4 Å². The molecule has 1 aromatic carbocycles. The molecule has 0 spiro atoms. The topological polar surface area (TPSA) is 26.3 Å². The molecule has 2 nitrogen and oxygen atoms in total. The van der Waals surface area contributed by atoms with E-state index in [1.54, 1.807) is 0 Å². The second kappa shape index (κ2) is 7.98. The number of benzene rings is 1. The molecule has 0 unspecified atom stereocenters. The van der Waals surface area contributed by atoms with Crippen LogP contribution in [0.4, 0.5) is 0 Å². The zero-order chi connectivity index (χ0) is 14.3. The predicted octanol–water partition coefficient (Wildman–Crippen LogP) is 4.20. The molecular formula is C17H26O2. The highest BCUT2D eigenvalue weighted by Gasteiger charge is 2.09. The molecule has 0 aliphatic rings. The van der Waals surface area contributed by atoms with Crippen molar-refractivity contribution in [2.45, 2.75) is 53.4 Å². The third-order valence-corrected chi connectivity index (χ3v) is 3.35. The maximum atomic E-state index is 11.6. The highest BCUT2D eigenvalue weighted by atomic mass is 16.5. The second-order valence-corrected chi connectivity index (χ2v) is 5.20. The summed E-state index contributed by atoms with van der Waals surface area (Å²) in [5, 5.41) is 0. The highest BCUT2D eigenvalue weighted by Crippen LogP contribution is 2.23. The molecule has 0 amide bonds. The number of ketones is 1. The number of aryl methyl sites for hydroxylation is 2. The first kappa shape index (κ1) is 15.7. The molecule has 0 aliphatic carbocycles. The van der Waals surface area contributed by atoms with Gasteiger partial charge >= 0.3 is 0 Å². The van der Waals surface area contributed by atoms with E-state index >= 15 is 0 Å². The number of carbonyl (C=O) groups excluding carboxylic acids is 1. The maximum absolute atomic E-state index is 11.6. The number of rotatable bonds is 8. The van der Waals surface area contributed by atoms with Gasteiger partial charge in [-0.3, -0.25) is 4.79 Å². The van der Waals surface area contributed by atoms with E-state index in [-0.39, 0.29) is 5.92 Å². The van der Waals surface area contributed by atoms with E-state index in [2.05, 4.69) is 25.1 Å². The summed E-state index contributed by atoms with van der Waals surface area (Å²) in [6.07, 6.45) is 3.52. The minimum absolute atomic E-state index is 0.147. The van der Waals surface area contributed by atoms with E-state index in [0.29, 0.717) is 18.8 Å². The molecule has 1 rings (SSSR count). The van der Waals surface area contributed by atoms with Gasteiger partial charge in [0.2, 0.25) is 0 Å². The van der Waals surface area contributed by atoms with Gasteiger partial charge in [0.1, 0.15) is 11.5 Å². The smallest absolute Gasteiger partial charge is 0.135 e. The molecule has 0 saturated heterocycles. The quantitative estimate of drug-likeness (QED) is 0.702. The van der Waals surface area contributed by atoms with Gasteiger partial charge in [-0.25, -0.2) is 0 Å². The number of ether oxygens (including phenoxy) is 1. The Morgan fingerprint density at radius 2 is 2.00 bits per heavy atom.